The van der Waals surface area contributed by atoms with Gasteiger partial charge in [-0.15, -0.1) is 5.10 Å². The number of rotatable bonds is 3. The van der Waals surface area contributed by atoms with E-state index >= 15 is 0 Å². The van der Waals surface area contributed by atoms with Crippen LogP contribution in [-0.2, 0) is 12.6 Å². The highest BCUT2D eigenvalue weighted by Gasteiger charge is 2.34. The fraction of sp³-hybridized carbons (Fsp3) is 0.333. The summed E-state index contributed by atoms with van der Waals surface area (Å²) in [6.07, 6.45) is -2.61. The number of halogens is 3. The molecule has 0 saturated heterocycles. The minimum absolute atomic E-state index is 0.0387. The number of nitrogens with two attached hydrogens (primary N) is 1. The average molecular weight is 270 g/mol. The van der Waals surface area contributed by atoms with Gasteiger partial charge in [-0.3, -0.25) is 0 Å². The van der Waals surface area contributed by atoms with Crippen LogP contribution in [-0.4, -0.2) is 21.0 Å². The van der Waals surface area contributed by atoms with Crippen molar-refractivity contribution in [2.24, 2.45) is 5.73 Å². The van der Waals surface area contributed by atoms with Crippen molar-refractivity contribution in [2.45, 2.75) is 25.6 Å². The summed E-state index contributed by atoms with van der Waals surface area (Å²) in [7, 11) is 0. The van der Waals surface area contributed by atoms with Crippen LogP contribution in [0.5, 0.6) is 0 Å². The first-order valence-corrected chi connectivity index (χ1v) is 5.71. The summed E-state index contributed by atoms with van der Waals surface area (Å²) in [6, 6.07) is 5.07. The molecule has 0 bridgehead atoms. The Balaban J connectivity index is 2.51. The Morgan fingerprint density at radius 3 is 2.63 bits per heavy atom. The van der Waals surface area contributed by atoms with Gasteiger partial charge in [0.25, 0.3) is 0 Å². The molecule has 1 aromatic heterocycles. The van der Waals surface area contributed by atoms with Gasteiger partial charge in [-0.2, -0.15) is 13.2 Å². The van der Waals surface area contributed by atoms with Crippen molar-refractivity contribution < 1.29 is 13.2 Å². The van der Waals surface area contributed by atoms with E-state index in [0.717, 1.165) is 6.07 Å². The molecule has 4 nitrogen and oxygen atoms in total. The largest absolute Gasteiger partial charge is 0.418 e. The van der Waals surface area contributed by atoms with Crippen LogP contribution in [0, 0.1) is 0 Å². The van der Waals surface area contributed by atoms with Gasteiger partial charge in [0.15, 0.2) is 0 Å². The van der Waals surface area contributed by atoms with E-state index in [2.05, 4.69) is 10.3 Å². The summed E-state index contributed by atoms with van der Waals surface area (Å²) in [4.78, 5) is 0. The molecule has 0 radical (unpaired) electrons. The predicted octanol–water partition coefficient (Wildman–Crippen LogP) is 2.18. The SMILES string of the molecule is CC(N)Cc1cnnn1-c1ccccc1C(F)(F)F. The first kappa shape index (κ1) is 13.5. The second kappa shape index (κ2) is 5.00. The van der Waals surface area contributed by atoms with E-state index in [-0.39, 0.29) is 11.7 Å². The Morgan fingerprint density at radius 2 is 2.00 bits per heavy atom. The molecule has 1 atom stereocenters. The Hall–Kier alpha value is -1.89. The smallest absolute Gasteiger partial charge is 0.328 e. The lowest BCUT2D eigenvalue weighted by Crippen LogP contribution is -2.21. The number of nitrogens with zero attached hydrogens (tertiary/aromatic N) is 3. The van der Waals surface area contributed by atoms with Gasteiger partial charge in [0.1, 0.15) is 0 Å². The summed E-state index contributed by atoms with van der Waals surface area (Å²) >= 11 is 0. The molecule has 1 unspecified atom stereocenters. The third-order valence-corrected chi connectivity index (χ3v) is 2.59. The molecule has 0 saturated carbocycles. The topological polar surface area (TPSA) is 56.7 Å². The van der Waals surface area contributed by atoms with Crippen LogP contribution in [0.2, 0.25) is 0 Å². The highest BCUT2D eigenvalue weighted by Crippen LogP contribution is 2.33. The van der Waals surface area contributed by atoms with Crippen molar-refractivity contribution in [3.05, 3.63) is 41.7 Å². The van der Waals surface area contributed by atoms with E-state index in [1.807, 2.05) is 0 Å². The fourth-order valence-electron chi connectivity index (χ4n) is 1.83. The summed E-state index contributed by atoms with van der Waals surface area (Å²) in [6.45, 7) is 1.77. The highest BCUT2D eigenvalue weighted by atomic mass is 19.4. The zero-order chi connectivity index (χ0) is 14.0. The van der Waals surface area contributed by atoms with Crippen LogP contribution in [0.4, 0.5) is 13.2 Å². The van der Waals surface area contributed by atoms with Gasteiger partial charge < -0.3 is 5.73 Å². The van der Waals surface area contributed by atoms with Crippen molar-refractivity contribution in [3.8, 4) is 5.69 Å². The van der Waals surface area contributed by atoms with Crippen molar-refractivity contribution in [1.82, 2.24) is 15.0 Å². The monoisotopic (exact) mass is 270 g/mol. The Labute approximate surface area is 108 Å². The van der Waals surface area contributed by atoms with Crippen molar-refractivity contribution in [2.75, 3.05) is 0 Å². The predicted molar refractivity (Wildman–Crippen MR) is 63.7 cm³/mol. The van der Waals surface area contributed by atoms with E-state index in [1.54, 1.807) is 6.92 Å². The van der Waals surface area contributed by atoms with Gasteiger partial charge in [0.05, 0.1) is 23.1 Å². The number of para-hydroxylation sites is 1. The lowest BCUT2D eigenvalue weighted by molar-refractivity contribution is -0.137. The quantitative estimate of drug-likeness (QED) is 0.930. The van der Waals surface area contributed by atoms with Crippen LogP contribution in [0.1, 0.15) is 18.2 Å². The molecule has 19 heavy (non-hydrogen) atoms. The lowest BCUT2D eigenvalue weighted by atomic mass is 10.1. The average Bonchev–Trinajstić information content (AvgIpc) is 2.75. The molecule has 102 valence electrons. The summed E-state index contributed by atoms with van der Waals surface area (Å²) in [5.74, 6) is 0. The standard InChI is InChI=1S/C12H13F3N4/c1-8(16)6-9-7-17-18-19(9)11-5-3-2-4-10(11)12(13,14)15/h2-5,7-8H,6,16H2,1H3. The molecule has 0 aliphatic rings. The molecule has 0 spiro atoms. The zero-order valence-electron chi connectivity index (χ0n) is 10.2. The third kappa shape index (κ3) is 2.93. The van der Waals surface area contributed by atoms with Crippen molar-refractivity contribution >= 4 is 0 Å². The van der Waals surface area contributed by atoms with E-state index in [9.17, 15) is 13.2 Å². The second-order valence-electron chi connectivity index (χ2n) is 4.33. The molecule has 1 aromatic carbocycles. The highest BCUT2D eigenvalue weighted by molar-refractivity contribution is 5.43. The minimum atomic E-state index is -4.44. The molecule has 2 N–H and O–H groups in total. The molecular formula is C12H13F3N4. The number of benzene rings is 1. The van der Waals surface area contributed by atoms with Gasteiger partial charge in [0.2, 0.25) is 0 Å². The number of aromatic nitrogens is 3. The van der Waals surface area contributed by atoms with E-state index in [0.29, 0.717) is 12.1 Å². The molecule has 0 fully saturated rings. The minimum Gasteiger partial charge on any atom is -0.328 e. The summed E-state index contributed by atoms with van der Waals surface area (Å²) < 4.78 is 40.0. The molecule has 0 aliphatic carbocycles. The van der Waals surface area contributed by atoms with Gasteiger partial charge in [-0.25, -0.2) is 4.68 Å². The summed E-state index contributed by atoms with van der Waals surface area (Å²) in [5, 5.41) is 7.39. The van der Waals surface area contributed by atoms with Crippen LogP contribution in [0.25, 0.3) is 5.69 Å². The molecular weight excluding hydrogens is 257 g/mol. The molecule has 0 aliphatic heterocycles. The van der Waals surface area contributed by atoms with Crippen LogP contribution in [0.3, 0.4) is 0 Å². The second-order valence-corrected chi connectivity index (χ2v) is 4.33. The van der Waals surface area contributed by atoms with Crippen LogP contribution in [0.15, 0.2) is 30.5 Å². The zero-order valence-corrected chi connectivity index (χ0v) is 10.2. The molecule has 0 amide bonds. The first-order valence-electron chi connectivity index (χ1n) is 5.71. The van der Waals surface area contributed by atoms with Gasteiger partial charge >= 0.3 is 6.18 Å². The van der Waals surface area contributed by atoms with E-state index in [4.69, 9.17) is 5.73 Å². The van der Waals surface area contributed by atoms with Gasteiger partial charge in [-0.05, 0) is 19.1 Å². The van der Waals surface area contributed by atoms with E-state index < -0.39 is 11.7 Å². The first-order chi connectivity index (χ1) is 8.89. The number of hydrogen-bond acceptors (Lipinski definition) is 3. The number of alkyl halides is 3. The Bertz CT molecular complexity index is 560. The van der Waals surface area contributed by atoms with E-state index in [1.165, 1.54) is 29.1 Å². The molecule has 1 heterocycles. The lowest BCUT2D eigenvalue weighted by Gasteiger charge is -2.14. The Morgan fingerprint density at radius 1 is 1.32 bits per heavy atom. The molecule has 7 heteroatoms. The van der Waals surface area contributed by atoms with Crippen molar-refractivity contribution in [1.29, 1.82) is 0 Å². The van der Waals surface area contributed by atoms with Crippen molar-refractivity contribution in [3.63, 3.8) is 0 Å². The summed E-state index contributed by atoms with van der Waals surface area (Å²) in [5.41, 5.74) is 5.43. The van der Waals surface area contributed by atoms with Gasteiger partial charge in [-0.1, -0.05) is 17.3 Å². The maximum Gasteiger partial charge on any atom is 0.418 e. The number of hydrogen-bond donors (Lipinski definition) is 1. The van der Waals surface area contributed by atoms with Crippen LogP contribution >= 0.6 is 0 Å². The normalized spacial score (nSPS) is 13.5. The fourth-order valence-corrected chi connectivity index (χ4v) is 1.83. The van der Waals surface area contributed by atoms with Gasteiger partial charge in [0, 0.05) is 12.5 Å². The Kier molecular flexibility index (Phi) is 3.57. The molecule has 2 rings (SSSR count). The molecule has 2 aromatic rings. The third-order valence-electron chi connectivity index (χ3n) is 2.59. The van der Waals surface area contributed by atoms with Crippen LogP contribution < -0.4 is 5.73 Å². The maximum absolute atomic E-state index is 12.9. The maximum atomic E-state index is 12.9.